The molecule has 2 heteroatoms. The number of hydrogen-bond donors (Lipinski definition) is 1. The molecule has 0 aliphatic heterocycles. The lowest BCUT2D eigenvalue weighted by Gasteiger charge is -2.04. The maximum Gasteiger partial charge on any atom is 0.165 e. The van der Waals surface area contributed by atoms with Crippen LogP contribution in [0, 0.1) is 0 Å². The molecule has 0 unspecified atom stereocenters. The molecule has 1 atom stereocenters. The lowest BCUT2D eigenvalue weighted by Crippen LogP contribution is -2.10. The Labute approximate surface area is 115 Å². The van der Waals surface area contributed by atoms with Crippen LogP contribution in [0.2, 0.25) is 0 Å². The van der Waals surface area contributed by atoms with Crippen molar-refractivity contribution in [2.45, 2.75) is 38.7 Å². The van der Waals surface area contributed by atoms with Gasteiger partial charge in [-0.1, -0.05) is 74.4 Å². The van der Waals surface area contributed by atoms with Crippen LogP contribution in [0.15, 0.2) is 54.6 Å². The van der Waals surface area contributed by atoms with Gasteiger partial charge in [0.1, 0.15) is 0 Å². The number of Topliss-reactive ketones (excluding diaryl/α,β-unsaturated/α-hetero) is 1. The Morgan fingerprint density at radius 2 is 2.00 bits per heavy atom. The molecule has 102 valence electrons. The van der Waals surface area contributed by atoms with Crippen LogP contribution in [0.1, 0.15) is 43.0 Å². The second kappa shape index (κ2) is 9.29. The van der Waals surface area contributed by atoms with Crippen LogP contribution >= 0.6 is 0 Å². The van der Waals surface area contributed by atoms with E-state index in [2.05, 4.69) is 13.0 Å². The highest BCUT2D eigenvalue weighted by molar-refractivity contribution is 5.96. The number of carbonyl (C=O) groups excluding carboxylic acids is 1. The average molecular weight is 258 g/mol. The molecule has 0 saturated heterocycles. The van der Waals surface area contributed by atoms with Gasteiger partial charge in [-0.3, -0.25) is 4.79 Å². The number of rotatable bonds is 8. The summed E-state index contributed by atoms with van der Waals surface area (Å²) in [5.74, 6) is -0.0345. The van der Waals surface area contributed by atoms with Gasteiger partial charge in [0.25, 0.3) is 0 Å². The zero-order chi connectivity index (χ0) is 13.9. The van der Waals surface area contributed by atoms with Gasteiger partial charge in [0, 0.05) is 12.0 Å². The van der Waals surface area contributed by atoms with Gasteiger partial charge in [-0.2, -0.15) is 0 Å². The first kappa shape index (κ1) is 15.4. The van der Waals surface area contributed by atoms with E-state index in [9.17, 15) is 9.90 Å². The van der Waals surface area contributed by atoms with Crippen LogP contribution in [0.25, 0.3) is 0 Å². The summed E-state index contributed by atoms with van der Waals surface area (Å²) in [4.78, 5) is 11.8. The minimum absolute atomic E-state index is 0.0345. The minimum atomic E-state index is -0.719. The molecule has 1 aromatic carbocycles. The Balaban J connectivity index is 2.35. The van der Waals surface area contributed by atoms with E-state index in [1.165, 1.54) is 12.8 Å². The molecule has 1 aromatic rings. The first-order valence-corrected chi connectivity index (χ1v) is 6.83. The Kier molecular flexibility index (Phi) is 7.52. The lowest BCUT2D eigenvalue weighted by molar-refractivity contribution is 0.0922. The van der Waals surface area contributed by atoms with E-state index in [1.807, 2.05) is 24.3 Å². The van der Waals surface area contributed by atoms with Gasteiger partial charge in [0.05, 0.1) is 6.10 Å². The van der Waals surface area contributed by atoms with Crippen molar-refractivity contribution in [2.24, 2.45) is 0 Å². The van der Waals surface area contributed by atoms with E-state index in [0.29, 0.717) is 5.56 Å². The van der Waals surface area contributed by atoms with Crippen LogP contribution in [-0.4, -0.2) is 17.0 Å². The molecule has 0 spiro atoms. The molecule has 1 rings (SSSR count). The van der Waals surface area contributed by atoms with Crippen molar-refractivity contribution in [1.82, 2.24) is 0 Å². The normalized spacial score (nSPS) is 13.2. The monoisotopic (exact) mass is 258 g/mol. The van der Waals surface area contributed by atoms with E-state index in [-0.39, 0.29) is 12.2 Å². The summed E-state index contributed by atoms with van der Waals surface area (Å²) < 4.78 is 0. The molecule has 0 bridgehead atoms. The molecule has 0 heterocycles. The van der Waals surface area contributed by atoms with Crippen molar-refractivity contribution in [3.8, 4) is 0 Å². The molecule has 0 aliphatic rings. The molecule has 0 amide bonds. The van der Waals surface area contributed by atoms with E-state index in [0.717, 1.165) is 6.42 Å². The quantitative estimate of drug-likeness (QED) is 0.436. The number of allylic oxidation sites excluding steroid dienone is 3. The fraction of sp³-hybridized carbons (Fsp3) is 0.353. The largest absolute Gasteiger partial charge is 0.389 e. The average Bonchev–Trinajstić information content (AvgIpc) is 2.43. The molecule has 19 heavy (non-hydrogen) atoms. The van der Waals surface area contributed by atoms with E-state index < -0.39 is 6.10 Å². The number of benzene rings is 1. The van der Waals surface area contributed by atoms with Crippen molar-refractivity contribution in [3.05, 3.63) is 60.2 Å². The summed E-state index contributed by atoms with van der Waals surface area (Å²) in [7, 11) is 0. The fourth-order valence-electron chi connectivity index (χ4n) is 1.69. The summed E-state index contributed by atoms with van der Waals surface area (Å²) in [6.45, 7) is 2.16. The third kappa shape index (κ3) is 6.73. The molecule has 0 aromatic heterocycles. The Bertz CT molecular complexity index is 418. The van der Waals surface area contributed by atoms with Gasteiger partial charge in [0.2, 0.25) is 0 Å². The summed E-state index contributed by atoms with van der Waals surface area (Å²) in [5.41, 5.74) is 0.647. The number of aliphatic hydroxyl groups is 1. The molecule has 0 fully saturated rings. The van der Waals surface area contributed by atoms with E-state index in [4.69, 9.17) is 0 Å². The predicted molar refractivity (Wildman–Crippen MR) is 79.2 cm³/mol. The Morgan fingerprint density at radius 1 is 1.26 bits per heavy atom. The highest BCUT2D eigenvalue weighted by Crippen LogP contribution is 2.06. The maximum absolute atomic E-state index is 11.8. The van der Waals surface area contributed by atoms with Gasteiger partial charge in [0.15, 0.2) is 5.78 Å². The van der Waals surface area contributed by atoms with Crippen molar-refractivity contribution in [2.75, 3.05) is 0 Å². The van der Waals surface area contributed by atoms with Gasteiger partial charge >= 0.3 is 0 Å². The highest BCUT2D eigenvalue weighted by Gasteiger charge is 2.09. The van der Waals surface area contributed by atoms with E-state index in [1.54, 1.807) is 24.3 Å². The minimum Gasteiger partial charge on any atom is -0.389 e. The van der Waals surface area contributed by atoms with Gasteiger partial charge < -0.3 is 5.11 Å². The standard InChI is InChI=1S/C17H22O2/c1-2-3-4-5-6-10-13-16(18)14-17(19)15-11-8-7-9-12-15/h5-13,16,18H,2-4,14H2,1H3/b6-5+,13-10+/t16-/m1/s1. The second-order valence-corrected chi connectivity index (χ2v) is 4.52. The zero-order valence-corrected chi connectivity index (χ0v) is 11.5. The lowest BCUT2D eigenvalue weighted by atomic mass is 10.1. The zero-order valence-electron chi connectivity index (χ0n) is 11.5. The smallest absolute Gasteiger partial charge is 0.165 e. The molecule has 2 nitrogen and oxygen atoms in total. The molecule has 1 N–H and O–H groups in total. The molecular weight excluding hydrogens is 236 g/mol. The predicted octanol–water partition coefficient (Wildman–Crippen LogP) is 3.92. The van der Waals surface area contributed by atoms with E-state index >= 15 is 0 Å². The number of aliphatic hydroxyl groups excluding tert-OH is 1. The second-order valence-electron chi connectivity index (χ2n) is 4.52. The first-order chi connectivity index (χ1) is 9.24. The van der Waals surface area contributed by atoms with Crippen LogP contribution < -0.4 is 0 Å². The van der Waals surface area contributed by atoms with Gasteiger partial charge in [-0.15, -0.1) is 0 Å². The van der Waals surface area contributed by atoms with Crippen LogP contribution in [0.4, 0.5) is 0 Å². The summed E-state index contributed by atoms with van der Waals surface area (Å²) in [6, 6.07) is 9.05. The van der Waals surface area contributed by atoms with Crippen LogP contribution in [-0.2, 0) is 0 Å². The summed E-state index contributed by atoms with van der Waals surface area (Å²) in [6.07, 6.45) is 10.3. The van der Waals surface area contributed by atoms with Crippen molar-refractivity contribution in [3.63, 3.8) is 0 Å². The first-order valence-electron chi connectivity index (χ1n) is 6.83. The molecular formula is C17H22O2. The Morgan fingerprint density at radius 3 is 2.68 bits per heavy atom. The molecule has 0 saturated carbocycles. The van der Waals surface area contributed by atoms with Gasteiger partial charge in [-0.05, 0) is 6.42 Å². The van der Waals surface area contributed by atoms with Crippen molar-refractivity contribution < 1.29 is 9.90 Å². The molecule has 0 radical (unpaired) electrons. The van der Waals surface area contributed by atoms with Crippen molar-refractivity contribution >= 4 is 5.78 Å². The number of carbonyl (C=O) groups is 1. The third-order valence-corrected chi connectivity index (χ3v) is 2.80. The third-order valence-electron chi connectivity index (χ3n) is 2.80. The maximum atomic E-state index is 11.8. The summed E-state index contributed by atoms with van der Waals surface area (Å²) >= 11 is 0. The van der Waals surface area contributed by atoms with Gasteiger partial charge in [-0.25, -0.2) is 0 Å². The number of unbranched alkanes of at least 4 members (excludes halogenated alkanes) is 2. The van der Waals surface area contributed by atoms with Crippen LogP contribution in [0.3, 0.4) is 0 Å². The number of ketones is 1. The topological polar surface area (TPSA) is 37.3 Å². The molecule has 0 aliphatic carbocycles. The Hall–Kier alpha value is -1.67. The summed E-state index contributed by atoms with van der Waals surface area (Å²) in [5, 5.41) is 9.74. The number of hydrogen-bond acceptors (Lipinski definition) is 2. The fourth-order valence-corrected chi connectivity index (χ4v) is 1.69. The van der Waals surface area contributed by atoms with Crippen LogP contribution in [0.5, 0.6) is 0 Å². The highest BCUT2D eigenvalue weighted by atomic mass is 16.3. The van der Waals surface area contributed by atoms with Crippen molar-refractivity contribution in [1.29, 1.82) is 0 Å². The SMILES string of the molecule is CCCC/C=C/C=C/[C@@H](O)CC(=O)c1ccccc1.